The topological polar surface area (TPSA) is 67.9 Å². The quantitative estimate of drug-likeness (QED) is 0.794. The number of amides is 2. The number of rotatable bonds is 6. The van der Waals surface area contributed by atoms with Gasteiger partial charge in [-0.3, -0.25) is 9.59 Å². The van der Waals surface area contributed by atoms with E-state index in [1.165, 1.54) is 0 Å². The highest BCUT2D eigenvalue weighted by Gasteiger charge is 2.22. The van der Waals surface area contributed by atoms with Crippen molar-refractivity contribution in [3.63, 3.8) is 0 Å². The van der Waals surface area contributed by atoms with Crippen molar-refractivity contribution in [3.05, 3.63) is 28.8 Å². The molecule has 1 aliphatic heterocycles. The summed E-state index contributed by atoms with van der Waals surface area (Å²) in [5.74, 6) is 0.456. The smallest absolute Gasteiger partial charge is 0.251 e. The van der Waals surface area contributed by atoms with Crippen LogP contribution in [0.3, 0.4) is 0 Å². The van der Waals surface area contributed by atoms with Gasteiger partial charge in [0.25, 0.3) is 5.91 Å². The van der Waals surface area contributed by atoms with Crippen LogP contribution in [0.25, 0.3) is 0 Å². The molecule has 2 rings (SSSR count). The maximum absolute atomic E-state index is 12.0. The molecule has 1 saturated heterocycles. The van der Waals surface area contributed by atoms with E-state index >= 15 is 0 Å². The van der Waals surface area contributed by atoms with Gasteiger partial charge in [0, 0.05) is 52.1 Å². The lowest BCUT2D eigenvalue weighted by Crippen LogP contribution is -2.40. The number of hydrogen-bond donors (Lipinski definition) is 1. The molecule has 6 nitrogen and oxygen atoms in total. The molecular formula is C17H23ClN2O4. The van der Waals surface area contributed by atoms with Crippen molar-refractivity contribution in [2.24, 2.45) is 0 Å². The van der Waals surface area contributed by atoms with Crippen molar-refractivity contribution in [3.8, 4) is 5.75 Å². The van der Waals surface area contributed by atoms with Crippen LogP contribution in [-0.4, -0.2) is 56.2 Å². The lowest BCUT2D eigenvalue weighted by Gasteiger charge is -2.31. The average Bonchev–Trinajstić information content (AvgIpc) is 2.57. The van der Waals surface area contributed by atoms with E-state index in [1.54, 1.807) is 32.2 Å². The number of benzene rings is 1. The SMILES string of the molecule is COCCNC(=O)c1ccc(OC2CCN(C(C)=O)CC2)c(Cl)c1. The molecule has 7 heteroatoms. The van der Waals surface area contributed by atoms with Crippen LogP contribution in [0.2, 0.25) is 5.02 Å². The van der Waals surface area contributed by atoms with Gasteiger partial charge in [-0.2, -0.15) is 0 Å². The van der Waals surface area contributed by atoms with E-state index in [9.17, 15) is 9.59 Å². The van der Waals surface area contributed by atoms with Crippen molar-refractivity contribution >= 4 is 23.4 Å². The molecule has 1 heterocycles. The second-order valence-electron chi connectivity index (χ2n) is 5.72. The first kappa shape index (κ1) is 18.5. The van der Waals surface area contributed by atoms with Crippen LogP contribution >= 0.6 is 11.6 Å². The Kier molecular flexibility index (Phi) is 6.87. The maximum atomic E-state index is 12.0. The molecular weight excluding hydrogens is 332 g/mol. The normalized spacial score (nSPS) is 15.2. The third-order valence-corrected chi connectivity index (χ3v) is 4.26. The first-order chi connectivity index (χ1) is 11.5. The highest BCUT2D eigenvalue weighted by molar-refractivity contribution is 6.32. The van der Waals surface area contributed by atoms with E-state index in [0.717, 1.165) is 12.8 Å². The Morgan fingerprint density at radius 1 is 1.33 bits per heavy atom. The summed E-state index contributed by atoms with van der Waals surface area (Å²) in [7, 11) is 1.58. The van der Waals surface area contributed by atoms with E-state index < -0.39 is 0 Å². The third-order valence-electron chi connectivity index (χ3n) is 3.97. The number of methoxy groups -OCH3 is 1. The third kappa shape index (κ3) is 5.11. The van der Waals surface area contributed by atoms with Gasteiger partial charge in [-0.25, -0.2) is 0 Å². The molecule has 0 aromatic heterocycles. The molecule has 24 heavy (non-hydrogen) atoms. The van der Waals surface area contributed by atoms with Gasteiger partial charge >= 0.3 is 0 Å². The number of nitrogens with zero attached hydrogens (tertiary/aromatic N) is 1. The molecule has 0 atom stereocenters. The molecule has 0 unspecified atom stereocenters. The molecule has 0 radical (unpaired) electrons. The maximum Gasteiger partial charge on any atom is 0.251 e. The van der Waals surface area contributed by atoms with Gasteiger partial charge in [0.1, 0.15) is 11.9 Å². The van der Waals surface area contributed by atoms with Crippen molar-refractivity contribution in [1.82, 2.24) is 10.2 Å². The molecule has 1 fully saturated rings. The van der Waals surface area contributed by atoms with Crippen LogP contribution in [0.15, 0.2) is 18.2 Å². The molecule has 0 spiro atoms. The minimum atomic E-state index is -0.199. The molecule has 1 aromatic carbocycles. The summed E-state index contributed by atoms with van der Waals surface area (Å²) in [4.78, 5) is 25.1. The number of likely N-dealkylation sites (tertiary alicyclic amines) is 1. The lowest BCUT2D eigenvalue weighted by molar-refractivity contribution is -0.130. The van der Waals surface area contributed by atoms with Gasteiger partial charge in [0.05, 0.1) is 11.6 Å². The fraction of sp³-hybridized carbons (Fsp3) is 0.529. The molecule has 1 N–H and O–H groups in total. The first-order valence-electron chi connectivity index (χ1n) is 8.00. The Morgan fingerprint density at radius 3 is 2.62 bits per heavy atom. The Hall–Kier alpha value is -1.79. The van der Waals surface area contributed by atoms with Crippen molar-refractivity contribution in [2.45, 2.75) is 25.9 Å². The van der Waals surface area contributed by atoms with Crippen molar-refractivity contribution in [1.29, 1.82) is 0 Å². The summed E-state index contributed by atoms with van der Waals surface area (Å²) in [6.45, 7) is 3.86. The summed E-state index contributed by atoms with van der Waals surface area (Å²) < 4.78 is 10.8. The van der Waals surface area contributed by atoms with Gasteiger partial charge in [-0.15, -0.1) is 0 Å². The standard InChI is InChI=1S/C17H23ClN2O4/c1-12(21)20-8-5-14(6-9-20)24-16-4-3-13(11-15(16)18)17(22)19-7-10-23-2/h3-4,11,14H,5-10H2,1-2H3,(H,19,22). The number of carbonyl (C=O) groups excluding carboxylic acids is 2. The van der Waals surface area contributed by atoms with E-state index in [2.05, 4.69) is 5.32 Å². The number of carbonyl (C=O) groups is 2. The van der Waals surface area contributed by atoms with Gasteiger partial charge in [-0.05, 0) is 18.2 Å². The number of nitrogens with one attached hydrogen (secondary N) is 1. The van der Waals surface area contributed by atoms with Crippen LogP contribution in [0.5, 0.6) is 5.75 Å². The number of ether oxygens (including phenoxy) is 2. The number of piperidine rings is 1. The first-order valence-corrected chi connectivity index (χ1v) is 8.38. The molecule has 0 aliphatic carbocycles. The van der Waals surface area contributed by atoms with Crippen LogP contribution in [0, 0.1) is 0 Å². The van der Waals surface area contributed by atoms with Crippen molar-refractivity contribution in [2.75, 3.05) is 33.4 Å². The summed E-state index contributed by atoms with van der Waals surface area (Å²) in [6, 6.07) is 5.00. The highest BCUT2D eigenvalue weighted by Crippen LogP contribution is 2.28. The average molecular weight is 355 g/mol. The summed E-state index contributed by atoms with van der Waals surface area (Å²) in [5.41, 5.74) is 0.481. The van der Waals surface area contributed by atoms with E-state index in [0.29, 0.717) is 42.6 Å². The number of halogens is 1. The predicted molar refractivity (Wildman–Crippen MR) is 91.6 cm³/mol. The fourth-order valence-electron chi connectivity index (χ4n) is 2.57. The zero-order valence-corrected chi connectivity index (χ0v) is 14.8. The molecule has 1 aromatic rings. The monoisotopic (exact) mass is 354 g/mol. The van der Waals surface area contributed by atoms with E-state index in [1.807, 2.05) is 4.90 Å². The second-order valence-corrected chi connectivity index (χ2v) is 6.12. The molecule has 1 aliphatic rings. The Bertz CT molecular complexity index is 586. The zero-order valence-electron chi connectivity index (χ0n) is 14.0. The minimum Gasteiger partial charge on any atom is -0.489 e. The van der Waals surface area contributed by atoms with E-state index in [-0.39, 0.29) is 17.9 Å². The molecule has 0 bridgehead atoms. The van der Waals surface area contributed by atoms with Crippen LogP contribution in [0.4, 0.5) is 0 Å². The largest absolute Gasteiger partial charge is 0.489 e. The molecule has 132 valence electrons. The zero-order chi connectivity index (χ0) is 17.5. The Morgan fingerprint density at radius 2 is 2.04 bits per heavy atom. The summed E-state index contributed by atoms with van der Waals surface area (Å²) in [6.07, 6.45) is 1.57. The van der Waals surface area contributed by atoms with Gasteiger partial charge in [0.15, 0.2) is 0 Å². The Balaban J connectivity index is 1.91. The minimum absolute atomic E-state index is 0.0273. The Labute approximate surface area is 147 Å². The fourth-order valence-corrected chi connectivity index (χ4v) is 2.80. The van der Waals surface area contributed by atoms with Gasteiger partial charge in [0.2, 0.25) is 5.91 Å². The number of hydrogen-bond acceptors (Lipinski definition) is 4. The van der Waals surface area contributed by atoms with Gasteiger partial charge < -0.3 is 19.7 Å². The summed E-state index contributed by atoms with van der Waals surface area (Å²) in [5, 5.41) is 3.15. The highest BCUT2D eigenvalue weighted by atomic mass is 35.5. The molecule has 2 amide bonds. The lowest BCUT2D eigenvalue weighted by atomic mass is 10.1. The van der Waals surface area contributed by atoms with Crippen molar-refractivity contribution < 1.29 is 19.1 Å². The van der Waals surface area contributed by atoms with Crippen LogP contribution in [-0.2, 0) is 9.53 Å². The molecule has 0 saturated carbocycles. The van der Waals surface area contributed by atoms with Crippen LogP contribution in [0.1, 0.15) is 30.1 Å². The second kappa shape index (κ2) is 8.89. The van der Waals surface area contributed by atoms with Crippen LogP contribution < -0.4 is 10.1 Å². The van der Waals surface area contributed by atoms with Gasteiger partial charge in [-0.1, -0.05) is 11.6 Å². The van der Waals surface area contributed by atoms with E-state index in [4.69, 9.17) is 21.1 Å². The predicted octanol–water partition coefficient (Wildman–Crippen LogP) is 2.11. The summed E-state index contributed by atoms with van der Waals surface area (Å²) >= 11 is 6.24.